The van der Waals surface area contributed by atoms with Gasteiger partial charge >= 0.3 is 0 Å². The topological polar surface area (TPSA) is 43.6 Å². The fraction of sp³-hybridized carbons (Fsp3) is 0.267. The molecule has 2 aromatic heterocycles. The Morgan fingerprint density at radius 1 is 1.29 bits per heavy atom. The number of fused-ring (bicyclic) bond motifs is 1. The summed E-state index contributed by atoms with van der Waals surface area (Å²) in [6.07, 6.45) is 1.08. The molecular formula is C15H14ClFN4. The van der Waals surface area contributed by atoms with Crippen LogP contribution in [0.2, 0.25) is 5.28 Å². The SMILES string of the molecule is CC(C)c1c2cc(-c3nc(Cl)ncc3F)ccc2nn1C. The average Bonchev–Trinajstić information content (AvgIpc) is 2.76. The van der Waals surface area contributed by atoms with Crippen LogP contribution in [0.4, 0.5) is 4.39 Å². The van der Waals surface area contributed by atoms with Gasteiger partial charge < -0.3 is 0 Å². The summed E-state index contributed by atoms with van der Waals surface area (Å²) < 4.78 is 15.8. The third-order valence-corrected chi connectivity index (χ3v) is 3.60. The van der Waals surface area contributed by atoms with Crippen molar-refractivity contribution in [3.8, 4) is 11.3 Å². The molecule has 0 radical (unpaired) electrons. The van der Waals surface area contributed by atoms with Crippen molar-refractivity contribution >= 4 is 22.5 Å². The van der Waals surface area contributed by atoms with Crippen LogP contribution in [-0.2, 0) is 7.05 Å². The predicted molar refractivity (Wildman–Crippen MR) is 80.8 cm³/mol. The third kappa shape index (κ3) is 2.38. The van der Waals surface area contributed by atoms with Crippen molar-refractivity contribution in [2.75, 3.05) is 0 Å². The zero-order valence-electron chi connectivity index (χ0n) is 11.9. The first kappa shape index (κ1) is 13.9. The minimum Gasteiger partial charge on any atom is -0.271 e. The van der Waals surface area contributed by atoms with Crippen LogP contribution in [0.5, 0.6) is 0 Å². The second-order valence-corrected chi connectivity index (χ2v) is 5.57. The van der Waals surface area contributed by atoms with Crippen LogP contribution in [0.15, 0.2) is 24.4 Å². The summed E-state index contributed by atoms with van der Waals surface area (Å²) in [5.41, 5.74) is 2.85. The molecule has 108 valence electrons. The standard InChI is InChI=1S/C15H14ClFN4/c1-8(2)14-10-6-9(4-5-12(10)20-21(14)3)13-11(17)7-18-15(16)19-13/h4-8H,1-3H3. The van der Waals surface area contributed by atoms with E-state index in [4.69, 9.17) is 11.6 Å². The summed E-state index contributed by atoms with van der Waals surface area (Å²) in [4.78, 5) is 7.62. The maximum Gasteiger partial charge on any atom is 0.223 e. The molecule has 21 heavy (non-hydrogen) atoms. The largest absolute Gasteiger partial charge is 0.271 e. The summed E-state index contributed by atoms with van der Waals surface area (Å²) >= 11 is 5.77. The molecule has 0 saturated carbocycles. The molecule has 1 aromatic carbocycles. The van der Waals surface area contributed by atoms with Crippen LogP contribution >= 0.6 is 11.6 Å². The maximum atomic E-state index is 13.9. The average molecular weight is 305 g/mol. The van der Waals surface area contributed by atoms with Gasteiger partial charge in [-0.05, 0) is 29.7 Å². The third-order valence-electron chi connectivity index (χ3n) is 3.41. The summed E-state index contributed by atoms with van der Waals surface area (Å²) in [5, 5.41) is 5.50. The minimum absolute atomic E-state index is 0.0294. The molecule has 0 N–H and O–H groups in total. The molecular weight excluding hydrogens is 291 g/mol. The number of nitrogens with zero attached hydrogens (tertiary/aromatic N) is 4. The van der Waals surface area contributed by atoms with Crippen molar-refractivity contribution in [3.05, 3.63) is 41.2 Å². The summed E-state index contributed by atoms with van der Waals surface area (Å²) in [5.74, 6) is -0.178. The van der Waals surface area contributed by atoms with Gasteiger partial charge in [0.25, 0.3) is 0 Å². The molecule has 0 spiro atoms. The maximum absolute atomic E-state index is 13.9. The number of halogens is 2. The second-order valence-electron chi connectivity index (χ2n) is 5.23. The molecule has 0 unspecified atom stereocenters. The van der Waals surface area contributed by atoms with Gasteiger partial charge in [-0.15, -0.1) is 0 Å². The van der Waals surface area contributed by atoms with Gasteiger partial charge in [0, 0.05) is 23.7 Å². The smallest absolute Gasteiger partial charge is 0.223 e. The number of aryl methyl sites for hydroxylation is 1. The zero-order chi connectivity index (χ0) is 15.1. The molecule has 0 amide bonds. The number of hydrogen-bond donors (Lipinski definition) is 0. The summed E-state index contributed by atoms with van der Waals surface area (Å²) in [6.45, 7) is 4.20. The van der Waals surface area contributed by atoms with Crippen LogP contribution < -0.4 is 0 Å². The molecule has 0 saturated heterocycles. The summed E-state index contributed by atoms with van der Waals surface area (Å²) in [7, 11) is 1.91. The highest BCUT2D eigenvalue weighted by Gasteiger charge is 2.15. The van der Waals surface area contributed by atoms with E-state index in [2.05, 4.69) is 28.9 Å². The van der Waals surface area contributed by atoms with Gasteiger partial charge in [0.1, 0.15) is 5.69 Å². The molecule has 0 aliphatic carbocycles. The number of rotatable bonds is 2. The van der Waals surface area contributed by atoms with Gasteiger partial charge in [0.15, 0.2) is 5.82 Å². The molecule has 0 atom stereocenters. The van der Waals surface area contributed by atoms with E-state index < -0.39 is 5.82 Å². The van der Waals surface area contributed by atoms with Crippen molar-refractivity contribution in [2.24, 2.45) is 7.05 Å². The van der Waals surface area contributed by atoms with E-state index in [1.165, 1.54) is 0 Å². The van der Waals surface area contributed by atoms with E-state index in [0.717, 1.165) is 22.8 Å². The fourth-order valence-electron chi connectivity index (χ4n) is 2.60. The van der Waals surface area contributed by atoms with Crippen LogP contribution in [0.3, 0.4) is 0 Å². The van der Waals surface area contributed by atoms with E-state index >= 15 is 0 Å². The minimum atomic E-state index is -0.492. The van der Waals surface area contributed by atoms with Crippen LogP contribution in [-0.4, -0.2) is 19.7 Å². The van der Waals surface area contributed by atoms with Crippen LogP contribution in [0.1, 0.15) is 25.5 Å². The van der Waals surface area contributed by atoms with E-state index in [9.17, 15) is 4.39 Å². The van der Waals surface area contributed by atoms with E-state index in [1.807, 2.05) is 23.9 Å². The van der Waals surface area contributed by atoms with Crippen LogP contribution in [0, 0.1) is 5.82 Å². The monoisotopic (exact) mass is 304 g/mol. The Balaban J connectivity index is 2.25. The number of benzene rings is 1. The lowest BCUT2D eigenvalue weighted by molar-refractivity contribution is 0.618. The van der Waals surface area contributed by atoms with Gasteiger partial charge in [0.2, 0.25) is 5.28 Å². The fourth-order valence-corrected chi connectivity index (χ4v) is 2.73. The lowest BCUT2D eigenvalue weighted by Gasteiger charge is -2.07. The number of hydrogen-bond acceptors (Lipinski definition) is 3. The lowest BCUT2D eigenvalue weighted by atomic mass is 10.0. The van der Waals surface area contributed by atoms with Crippen molar-refractivity contribution in [2.45, 2.75) is 19.8 Å². The van der Waals surface area contributed by atoms with Crippen molar-refractivity contribution in [1.82, 2.24) is 19.7 Å². The molecule has 3 rings (SSSR count). The number of aromatic nitrogens is 4. The highest BCUT2D eigenvalue weighted by molar-refractivity contribution is 6.28. The molecule has 3 aromatic rings. The lowest BCUT2D eigenvalue weighted by Crippen LogP contribution is -1.99. The molecule has 0 bridgehead atoms. The highest BCUT2D eigenvalue weighted by Crippen LogP contribution is 2.30. The van der Waals surface area contributed by atoms with Crippen molar-refractivity contribution in [3.63, 3.8) is 0 Å². The van der Waals surface area contributed by atoms with E-state index in [1.54, 1.807) is 6.07 Å². The Hall–Kier alpha value is -2.01. The van der Waals surface area contributed by atoms with Gasteiger partial charge in [-0.3, -0.25) is 4.68 Å². The molecule has 4 nitrogen and oxygen atoms in total. The molecule has 0 aliphatic rings. The first-order valence-corrected chi connectivity index (χ1v) is 7.00. The molecule has 0 fully saturated rings. The Bertz CT molecular complexity index is 826. The Labute approximate surface area is 126 Å². The molecule has 2 heterocycles. The second kappa shape index (κ2) is 5.07. The van der Waals surface area contributed by atoms with Crippen molar-refractivity contribution in [1.29, 1.82) is 0 Å². The Morgan fingerprint density at radius 3 is 2.76 bits per heavy atom. The zero-order valence-corrected chi connectivity index (χ0v) is 12.7. The van der Waals surface area contributed by atoms with E-state index in [0.29, 0.717) is 11.5 Å². The quantitative estimate of drug-likeness (QED) is 0.673. The first-order valence-electron chi connectivity index (χ1n) is 6.62. The van der Waals surface area contributed by atoms with Crippen LogP contribution in [0.25, 0.3) is 22.2 Å². The first-order chi connectivity index (χ1) is 9.97. The normalized spacial score (nSPS) is 11.5. The van der Waals surface area contributed by atoms with Gasteiger partial charge in [-0.2, -0.15) is 5.10 Å². The molecule has 6 heteroatoms. The van der Waals surface area contributed by atoms with Gasteiger partial charge in [-0.1, -0.05) is 19.9 Å². The Kier molecular flexibility index (Phi) is 3.37. The molecule has 0 aliphatic heterocycles. The van der Waals surface area contributed by atoms with Gasteiger partial charge in [-0.25, -0.2) is 14.4 Å². The van der Waals surface area contributed by atoms with Gasteiger partial charge in [0.05, 0.1) is 11.7 Å². The van der Waals surface area contributed by atoms with E-state index in [-0.39, 0.29) is 11.0 Å². The highest BCUT2D eigenvalue weighted by atomic mass is 35.5. The van der Waals surface area contributed by atoms with Crippen molar-refractivity contribution < 1.29 is 4.39 Å². The predicted octanol–water partition coefficient (Wildman–Crippen LogP) is 3.95. The summed E-state index contributed by atoms with van der Waals surface area (Å²) in [6, 6.07) is 5.56. The Morgan fingerprint density at radius 2 is 2.05 bits per heavy atom.